The second-order valence-corrected chi connectivity index (χ2v) is 7.60. The van der Waals surface area contributed by atoms with Crippen LogP contribution >= 0.6 is 23.2 Å². The number of carbonyl (C=O) groups excluding carboxylic acids is 1. The number of aromatic nitrogens is 2. The van der Waals surface area contributed by atoms with Crippen LogP contribution < -0.4 is 10.2 Å². The van der Waals surface area contributed by atoms with Crippen LogP contribution in [0, 0.1) is 6.92 Å². The fourth-order valence-electron chi connectivity index (χ4n) is 3.17. The summed E-state index contributed by atoms with van der Waals surface area (Å²) in [5.74, 6) is -0.226. The van der Waals surface area contributed by atoms with Crippen molar-refractivity contribution in [3.05, 3.63) is 94.6 Å². The van der Waals surface area contributed by atoms with Crippen molar-refractivity contribution in [2.24, 2.45) is 0 Å². The normalized spacial score (nSPS) is 10.7. The molecule has 1 amide bonds. The highest BCUT2D eigenvalue weighted by atomic mass is 35.5. The molecular formula is C23H18Cl2N4O2. The number of anilines is 4. The van der Waals surface area contributed by atoms with Gasteiger partial charge in [-0.15, -0.1) is 0 Å². The number of aryl methyl sites for hydroxylation is 1. The Morgan fingerprint density at radius 3 is 2.48 bits per heavy atom. The Hall–Kier alpha value is -3.35. The van der Waals surface area contributed by atoms with E-state index in [9.17, 15) is 4.79 Å². The molecule has 0 unspecified atom stereocenters. The van der Waals surface area contributed by atoms with Crippen molar-refractivity contribution in [2.45, 2.75) is 13.3 Å². The summed E-state index contributed by atoms with van der Waals surface area (Å²) < 4.78 is 5.56. The molecule has 2 heterocycles. The Bertz CT molecular complexity index is 1180. The Kier molecular flexibility index (Phi) is 6.21. The monoisotopic (exact) mass is 452 g/mol. The van der Waals surface area contributed by atoms with Gasteiger partial charge in [-0.25, -0.2) is 4.98 Å². The standard InChI is InChI=1S/C23H18Cl2N4O2/c1-15-5-6-16(28-22(30)14-18-19(24)3-2-4-20(18)25)13-21(15)29(23-27-11-12-31-23)17-7-9-26-10-8-17/h2-13H,14H2,1H3,(H,28,30). The van der Waals surface area contributed by atoms with Gasteiger partial charge < -0.3 is 9.73 Å². The zero-order chi connectivity index (χ0) is 21.8. The molecule has 0 saturated heterocycles. The third-order valence-electron chi connectivity index (χ3n) is 4.66. The van der Waals surface area contributed by atoms with Gasteiger partial charge in [-0.05, 0) is 54.4 Å². The van der Waals surface area contributed by atoms with E-state index in [1.54, 1.807) is 36.8 Å². The molecule has 0 fully saturated rings. The highest BCUT2D eigenvalue weighted by molar-refractivity contribution is 6.36. The highest BCUT2D eigenvalue weighted by Gasteiger charge is 2.19. The van der Waals surface area contributed by atoms with Crippen LogP contribution in [-0.2, 0) is 11.2 Å². The predicted molar refractivity (Wildman–Crippen MR) is 123 cm³/mol. The van der Waals surface area contributed by atoms with Crippen molar-refractivity contribution in [3.8, 4) is 0 Å². The van der Waals surface area contributed by atoms with Crippen LogP contribution in [0.4, 0.5) is 23.1 Å². The Labute approximate surface area is 189 Å². The van der Waals surface area contributed by atoms with Crippen LogP contribution in [-0.4, -0.2) is 15.9 Å². The molecule has 6 nitrogen and oxygen atoms in total. The van der Waals surface area contributed by atoms with Crippen molar-refractivity contribution in [1.82, 2.24) is 9.97 Å². The first-order valence-corrected chi connectivity index (χ1v) is 10.2. The summed E-state index contributed by atoms with van der Waals surface area (Å²) in [5, 5.41) is 3.83. The number of hydrogen-bond donors (Lipinski definition) is 1. The van der Waals surface area contributed by atoms with Gasteiger partial charge in [0.1, 0.15) is 6.26 Å². The summed E-state index contributed by atoms with van der Waals surface area (Å²) in [6.07, 6.45) is 6.55. The second-order valence-electron chi connectivity index (χ2n) is 6.78. The molecule has 0 saturated carbocycles. The molecule has 156 valence electrons. The second kappa shape index (κ2) is 9.20. The van der Waals surface area contributed by atoms with Gasteiger partial charge in [0.15, 0.2) is 0 Å². The van der Waals surface area contributed by atoms with Crippen LogP contribution in [0.25, 0.3) is 0 Å². The van der Waals surface area contributed by atoms with Crippen LogP contribution in [0.15, 0.2) is 77.8 Å². The van der Waals surface area contributed by atoms with E-state index in [0.29, 0.717) is 27.3 Å². The minimum absolute atomic E-state index is 0.0650. The van der Waals surface area contributed by atoms with Crippen molar-refractivity contribution in [3.63, 3.8) is 0 Å². The lowest BCUT2D eigenvalue weighted by Gasteiger charge is -2.23. The quantitative estimate of drug-likeness (QED) is 0.369. The number of carbonyl (C=O) groups is 1. The number of nitrogens with one attached hydrogen (secondary N) is 1. The third kappa shape index (κ3) is 4.71. The molecule has 0 aliphatic carbocycles. The van der Waals surface area contributed by atoms with Gasteiger partial charge in [0, 0.05) is 28.1 Å². The third-order valence-corrected chi connectivity index (χ3v) is 5.37. The average molecular weight is 453 g/mol. The molecule has 0 bridgehead atoms. The molecule has 0 aliphatic rings. The molecule has 2 aromatic carbocycles. The Morgan fingerprint density at radius 2 is 1.81 bits per heavy atom. The summed E-state index contributed by atoms with van der Waals surface area (Å²) in [6, 6.07) is 14.9. The van der Waals surface area contributed by atoms with Crippen molar-refractivity contribution in [1.29, 1.82) is 0 Å². The van der Waals surface area contributed by atoms with E-state index in [-0.39, 0.29) is 12.3 Å². The van der Waals surface area contributed by atoms with Gasteiger partial charge in [0.25, 0.3) is 0 Å². The topological polar surface area (TPSA) is 71.3 Å². The van der Waals surface area contributed by atoms with E-state index in [4.69, 9.17) is 27.6 Å². The maximum atomic E-state index is 12.7. The maximum Gasteiger partial charge on any atom is 0.306 e. The van der Waals surface area contributed by atoms with Gasteiger partial charge >= 0.3 is 6.01 Å². The fourth-order valence-corrected chi connectivity index (χ4v) is 3.70. The Morgan fingerprint density at radius 1 is 1.06 bits per heavy atom. The molecule has 0 spiro atoms. The van der Waals surface area contributed by atoms with Crippen molar-refractivity contribution < 1.29 is 9.21 Å². The van der Waals surface area contributed by atoms with Crippen LogP contribution in [0.3, 0.4) is 0 Å². The van der Waals surface area contributed by atoms with Gasteiger partial charge in [-0.1, -0.05) is 35.3 Å². The van der Waals surface area contributed by atoms with E-state index in [1.807, 2.05) is 42.2 Å². The lowest BCUT2D eigenvalue weighted by molar-refractivity contribution is -0.115. The largest absolute Gasteiger partial charge is 0.432 e. The number of nitrogens with zero attached hydrogens (tertiary/aromatic N) is 3. The molecular weight excluding hydrogens is 435 g/mol. The van der Waals surface area contributed by atoms with E-state index in [1.165, 1.54) is 6.26 Å². The van der Waals surface area contributed by atoms with E-state index < -0.39 is 0 Å². The molecule has 0 aliphatic heterocycles. The lowest BCUT2D eigenvalue weighted by Crippen LogP contribution is -2.16. The number of rotatable bonds is 6. The first kappa shape index (κ1) is 20.9. The van der Waals surface area contributed by atoms with Gasteiger partial charge in [-0.3, -0.25) is 14.7 Å². The fraction of sp³-hybridized carbons (Fsp3) is 0.0870. The lowest BCUT2D eigenvalue weighted by atomic mass is 10.1. The Balaban J connectivity index is 1.64. The van der Waals surface area contributed by atoms with Crippen LogP contribution in [0.1, 0.15) is 11.1 Å². The van der Waals surface area contributed by atoms with E-state index >= 15 is 0 Å². The van der Waals surface area contributed by atoms with Crippen LogP contribution in [0.2, 0.25) is 10.0 Å². The minimum Gasteiger partial charge on any atom is -0.432 e. The van der Waals surface area contributed by atoms with Crippen molar-refractivity contribution >= 4 is 52.2 Å². The molecule has 4 aromatic rings. The predicted octanol–water partition coefficient (Wildman–Crippen LogP) is 6.34. The number of hydrogen-bond acceptors (Lipinski definition) is 5. The zero-order valence-corrected chi connectivity index (χ0v) is 18.1. The molecule has 2 aromatic heterocycles. The summed E-state index contributed by atoms with van der Waals surface area (Å²) in [4.78, 5) is 22.9. The number of benzene rings is 2. The van der Waals surface area contributed by atoms with E-state index in [2.05, 4.69) is 15.3 Å². The molecule has 0 atom stereocenters. The molecule has 1 N–H and O–H groups in total. The number of oxazole rings is 1. The highest BCUT2D eigenvalue weighted by Crippen LogP contribution is 2.36. The summed E-state index contributed by atoms with van der Waals surface area (Å²) >= 11 is 12.4. The number of halogens is 2. The first-order valence-electron chi connectivity index (χ1n) is 9.46. The van der Waals surface area contributed by atoms with Gasteiger partial charge in [0.2, 0.25) is 5.91 Å². The zero-order valence-electron chi connectivity index (χ0n) is 16.5. The first-order chi connectivity index (χ1) is 15.0. The molecule has 4 rings (SSSR count). The molecule has 31 heavy (non-hydrogen) atoms. The smallest absolute Gasteiger partial charge is 0.306 e. The number of pyridine rings is 1. The SMILES string of the molecule is Cc1ccc(NC(=O)Cc2c(Cl)cccc2Cl)cc1N(c1ccncc1)c1ncco1. The van der Waals surface area contributed by atoms with E-state index in [0.717, 1.165) is 16.9 Å². The van der Waals surface area contributed by atoms with Gasteiger partial charge in [-0.2, -0.15) is 0 Å². The summed E-state index contributed by atoms with van der Waals surface area (Å²) in [7, 11) is 0. The number of amides is 1. The maximum absolute atomic E-state index is 12.7. The summed E-state index contributed by atoms with van der Waals surface area (Å²) in [6.45, 7) is 1.97. The van der Waals surface area contributed by atoms with Gasteiger partial charge in [0.05, 0.1) is 24.0 Å². The minimum atomic E-state index is -0.226. The summed E-state index contributed by atoms with van der Waals surface area (Å²) in [5.41, 5.74) is 3.82. The van der Waals surface area contributed by atoms with Crippen molar-refractivity contribution in [2.75, 3.05) is 10.2 Å². The molecule has 0 radical (unpaired) electrons. The van der Waals surface area contributed by atoms with Crippen LogP contribution in [0.5, 0.6) is 0 Å². The molecule has 8 heteroatoms. The average Bonchev–Trinajstić information content (AvgIpc) is 3.28.